The van der Waals surface area contributed by atoms with Crippen molar-refractivity contribution in [3.05, 3.63) is 101 Å². The number of pyridine rings is 1. The summed E-state index contributed by atoms with van der Waals surface area (Å²) in [4.78, 5) is 36.2. The smallest absolute Gasteiger partial charge is 0.437 e. The minimum absolute atomic E-state index is 0.0568. The van der Waals surface area contributed by atoms with Crippen molar-refractivity contribution >= 4 is 23.6 Å². The largest absolute Gasteiger partial charge is 0.490 e. The summed E-state index contributed by atoms with van der Waals surface area (Å²) in [5.41, 5.74) is 0.248. The molecule has 2 saturated heterocycles. The number of nitrogens with zero attached hydrogens (tertiary/aromatic N) is 4. The number of aromatic carboxylic acids is 1. The molecule has 252 valence electrons. The summed E-state index contributed by atoms with van der Waals surface area (Å²) >= 11 is 0. The Hall–Kier alpha value is -4.94. The third-order valence-corrected chi connectivity index (χ3v) is 8.94. The molecule has 2 aromatic carbocycles. The molecule has 0 saturated carbocycles. The van der Waals surface area contributed by atoms with Crippen LogP contribution in [0.3, 0.4) is 0 Å². The number of halogens is 4. The maximum absolute atomic E-state index is 14.1. The van der Waals surface area contributed by atoms with Crippen LogP contribution in [0.15, 0.2) is 71.3 Å². The maximum Gasteiger partial charge on any atom is 0.437 e. The monoisotopic (exact) mass is 666 g/mol. The van der Waals surface area contributed by atoms with Gasteiger partial charge in [-0.05, 0) is 72.9 Å². The van der Waals surface area contributed by atoms with Crippen molar-refractivity contribution in [1.82, 2.24) is 9.97 Å². The van der Waals surface area contributed by atoms with Crippen LogP contribution in [-0.4, -0.2) is 59.6 Å². The maximum atomic E-state index is 14.1. The fourth-order valence-corrected chi connectivity index (χ4v) is 6.21. The van der Waals surface area contributed by atoms with Crippen molar-refractivity contribution in [2.75, 3.05) is 42.6 Å². The van der Waals surface area contributed by atoms with Gasteiger partial charge in [0.05, 0.1) is 12.2 Å². The van der Waals surface area contributed by atoms with Crippen molar-refractivity contribution in [2.24, 2.45) is 5.92 Å². The molecule has 0 spiro atoms. The zero-order valence-electron chi connectivity index (χ0n) is 26.0. The summed E-state index contributed by atoms with van der Waals surface area (Å²) in [5.74, 6) is -2.46. The molecule has 4 heterocycles. The van der Waals surface area contributed by atoms with E-state index in [0.717, 1.165) is 31.7 Å². The SMILES string of the molecule is O=C(O)c1ccc(F)c(OCC2CCN(c3ccc(CC(=O)c4oc(N5CCC(c6ccccc6)CC5)nc4C(F)(F)F)cn3)CC2)c1. The first-order chi connectivity index (χ1) is 23.0. The highest BCUT2D eigenvalue weighted by molar-refractivity contribution is 5.96. The van der Waals surface area contributed by atoms with Gasteiger partial charge >= 0.3 is 12.1 Å². The number of rotatable bonds is 10. The van der Waals surface area contributed by atoms with Gasteiger partial charge in [0, 0.05) is 38.8 Å². The van der Waals surface area contributed by atoms with Gasteiger partial charge in [-0.15, -0.1) is 0 Å². The third kappa shape index (κ3) is 7.61. The highest BCUT2D eigenvalue weighted by atomic mass is 19.4. The van der Waals surface area contributed by atoms with Crippen LogP contribution in [0.5, 0.6) is 5.75 Å². The Bertz CT molecular complexity index is 1730. The van der Waals surface area contributed by atoms with Crippen LogP contribution >= 0.6 is 0 Å². The van der Waals surface area contributed by atoms with E-state index >= 15 is 0 Å². The highest BCUT2D eigenvalue weighted by Crippen LogP contribution is 2.37. The van der Waals surface area contributed by atoms with Crippen molar-refractivity contribution < 1.29 is 41.4 Å². The first-order valence-electron chi connectivity index (χ1n) is 15.8. The van der Waals surface area contributed by atoms with E-state index in [-0.39, 0.29) is 42.2 Å². The number of carbonyl (C=O) groups is 2. The lowest BCUT2D eigenvalue weighted by atomic mass is 9.90. The number of carboxylic acid groups (broad SMARTS) is 1. The quantitative estimate of drug-likeness (QED) is 0.141. The number of oxazole rings is 1. The summed E-state index contributed by atoms with van der Waals surface area (Å²) < 4.78 is 67.0. The molecule has 2 fully saturated rings. The number of hydrogen-bond donors (Lipinski definition) is 1. The van der Waals surface area contributed by atoms with Crippen molar-refractivity contribution in [1.29, 1.82) is 0 Å². The van der Waals surface area contributed by atoms with Gasteiger partial charge in [-0.2, -0.15) is 18.2 Å². The number of carbonyl (C=O) groups excluding carboxylic acids is 1. The predicted octanol–water partition coefficient (Wildman–Crippen LogP) is 7.03. The summed E-state index contributed by atoms with van der Waals surface area (Å²) in [5, 5.41) is 9.13. The topological polar surface area (TPSA) is 109 Å². The lowest BCUT2D eigenvalue weighted by Gasteiger charge is -2.32. The number of benzene rings is 2. The van der Waals surface area contributed by atoms with Crippen LogP contribution in [0.1, 0.15) is 69.3 Å². The number of aromatic nitrogens is 2. The summed E-state index contributed by atoms with van der Waals surface area (Å²) in [7, 11) is 0. The van der Waals surface area contributed by atoms with E-state index in [2.05, 4.69) is 9.97 Å². The highest BCUT2D eigenvalue weighted by Gasteiger charge is 2.42. The standard InChI is InChI=1S/C35H34F4N4O5/c36-27-8-7-26(33(45)46)19-29(27)47-21-22-10-14-42(15-11-22)30-9-6-23(20-40-30)18-28(44)31-32(35(37,38)39)41-34(48-31)43-16-12-25(13-17-43)24-4-2-1-3-5-24/h1-9,19-20,22,25H,10-18,21H2,(H,45,46). The second-order valence-electron chi connectivity index (χ2n) is 12.2. The van der Waals surface area contributed by atoms with Crippen LogP contribution in [0, 0.1) is 11.7 Å². The van der Waals surface area contributed by atoms with E-state index in [1.165, 1.54) is 23.9 Å². The van der Waals surface area contributed by atoms with Crippen molar-refractivity contribution in [2.45, 2.75) is 44.2 Å². The number of hydrogen-bond acceptors (Lipinski definition) is 8. The Labute approximate surface area is 274 Å². The summed E-state index contributed by atoms with van der Waals surface area (Å²) in [6.45, 7) is 2.42. The molecule has 0 radical (unpaired) electrons. The Morgan fingerprint density at radius 2 is 1.65 bits per heavy atom. The second-order valence-corrected chi connectivity index (χ2v) is 12.2. The number of Topliss-reactive ketones (excluding diaryl/α,β-unsaturated/α-hetero) is 1. The Morgan fingerprint density at radius 3 is 2.29 bits per heavy atom. The van der Waals surface area contributed by atoms with Gasteiger partial charge in [0.15, 0.2) is 17.3 Å². The van der Waals surface area contributed by atoms with E-state index in [9.17, 15) is 27.2 Å². The average Bonchev–Trinajstić information content (AvgIpc) is 3.56. The van der Waals surface area contributed by atoms with Crippen LogP contribution in [0.25, 0.3) is 0 Å². The second kappa shape index (κ2) is 14.0. The van der Waals surface area contributed by atoms with E-state index in [1.807, 2.05) is 35.2 Å². The zero-order valence-corrected chi connectivity index (χ0v) is 26.0. The lowest BCUT2D eigenvalue weighted by Crippen LogP contribution is -2.36. The van der Waals surface area contributed by atoms with Crippen LogP contribution in [0.4, 0.5) is 29.4 Å². The molecule has 2 aliphatic rings. The molecule has 2 aromatic heterocycles. The van der Waals surface area contributed by atoms with Gasteiger partial charge in [0.2, 0.25) is 11.5 Å². The zero-order chi connectivity index (χ0) is 33.8. The molecule has 13 heteroatoms. The molecule has 1 N–H and O–H groups in total. The number of piperidine rings is 2. The molecule has 0 bridgehead atoms. The van der Waals surface area contributed by atoms with E-state index < -0.39 is 35.2 Å². The molecule has 0 atom stereocenters. The first kappa shape index (κ1) is 33.0. The minimum Gasteiger partial charge on any atom is -0.490 e. The molecule has 2 aliphatic heterocycles. The normalized spacial score (nSPS) is 16.2. The molecule has 0 aliphatic carbocycles. The number of anilines is 2. The van der Waals surface area contributed by atoms with E-state index in [4.69, 9.17) is 14.3 Å². The molecule has 4 aromatic rings. The van der Waals surface area contributed by atoms with Gasteiger partial charge in [-0.3, -0.25) is 4.79 Å². The average molecular weight is 667 g/mol. The third-order valence-electron chi connectivity index (χ3n) is 8.94. The molecule has 0 amide bonds. The van der Waals surface area contributed by atoms with Crippen molar-refractivity contribution in [3.8, 4) is 5.75 Å². The summed E-state index contributed by atoms with van der Waals surface area (Å²) in [6.07, 6.45) is -0.821. The van der Waals surface area contributed by atoms with Gasteiger partial charge in [0.1, 0.15) is 5.82 Å². The minimum atomic E-state index is -4.86. The lowest BCUT2D eigenvalue weighted by molar-refractivity contribution is -0.141. The Balaban J connectivity index is 1.03. The number of ether oxygens (including phenoxy) is 1. The first-order valence-corrected chi connectivity index (χ1v) is 15.8. The fraction of sp³-hybridized carbons (Fsp3) is 0.371. The molecule has 6 rings (SSSR count). The molecule has 0 unspecified atom stereocenters. The van der Waals surface area contributed by atoms with Gasteiger partial charge in [0.25, 0.3) is 6.01 Å². The van der Waals surface area contributed by atoms with Gasteiger partial charge in [-0.25, -0.2) is 14.2 Å². The van der Waals surface area contributed by atoms with Gasteiger partial charge in [-0.1, -0.05) is 36.4 Å². The van der Waals surface area contributed by atoms with E-state index in [1.54, 1.807) is 17.0 Å². The Kier molecular flexibility index (Phi) is 9.65. The van der Waals surface area contributed by atoms with Crippen LogP contribution in [-0.2, 0) is 12.6 Å². The van der Waals surface area contributed by atoms with Crippen LogP contribution < -0.4 is 14.5 Å². The molecule has 9 nitrogen and oxygen atoms in total. The molecular weight excluding hydrogens is 632 g/mol. The van der Waals surface area contributed by atoms with Gasteiger partial charge < -0.3 is 24.1 Å². The Morgan fingerprint density at radius 1 is 0.938 bits per heavy atom. The molecular formula is C35H34F4N4O5. The van der Waals surface area contributed by atoms with Crippen LogP contribution in [0.2, 0.25) is 0 Å². The number of carboxylic acids is 1. The molecule has 48 heavy (non-hydrogen) atoms. The predicted molar refractivity (Wildman–Crippen MR) is 168 cm³/mol. The summed E-state index contributed by atoms with van der Waals surface area (Å²) in [6, 6.07) is 16.6. The number of ketones is 1. The van der Waals surface area contributed by atoms with E-state index in [0.29, 0.717) is 37.6 Å². The van der Waals surface area contributed by atoms with Crippen molar-refractivity contribution in [3.63, 3.8) is 0 Å². The fourth-order valence-electron chi connectivity index (χ4n) is 6.21. The number of alkyl halides is 3.